The standard InChI is InChI=1S/C9H15NO3/c11-8-2-1-4-10(8)6-9(12)3-5-13-7-9/h12H,1-7H2. The van der Waals surface area contributed by atoms with E-state index in [0.717, 1.165) is 13.0 Å². The summed E-state index contributed by atoms with van der Waals surface area (Å²) in [6.07, 6.45) is 2.21. The van der Waals surface area contributed by atoms with E-state index in [9.17, 15) is 9.90 Å². The van der Waals surface area contributed by atoms with Crippen LogP contribution in [0.4, 0.5) is 0 Å². The van der Waals surface area contributed by atoms with E-state index in [2.05, 4.69) is 0 Å². The van der Waals surface area contributed by atoms with E-state index in [1.165, 1.54) is 0 Å². The molecule has 0 saturated carbocycles. The molecule has 2 saturated heterocycles. The lowest BCUT2D eigenvalue weighted by Gasteiger charge is -2.26. The van der Waals surface area contributed by atoms with Gasteiger partial charge in [0.25, 0.3) is 0 Å². The van der Waals surface area contributed by atoms with E-state index in [1.54, 1.807) is 4.90 Å². The molecule has 74 valence electrons. The Morgan fingerprint density at radius 3 is 3.00 bits per heavy atom. The highest BCUT2D eigenvalue weighted by Gasteiger charge is 2.36. The van der Waals surface area contributed by atoms with Crippen LogP contribution in [0.25, 0.3) is 0 Å². The maximum atomic E-state index is 11.3. The summed E-state index contributed by atoms with van der Waals surface area (Å²) in [5, 5.41) is 9.95. The average Bonchev–Trinajstić information content (AvgIpc) is 2.64. The van der Waals surface area contributed by atoms with Crippen LogP contribution in [-0.2, 0) is 9.53 Å². The average molecular weight is 185 g/mol. The molecule has 13 heavy (non-hydrogen) atoms. The van der Waals surface area contributed by atoms with Crippen LogP contribution in [0.3, 0.4) is 0 Å². The lowest BCUT2D eigenvalue weighted by atomic mass is 10.0. The van der Waals surface area contributed by atoms with Gasteiger partial charge in [0, 0.05) is 26.0 Å². The normalized spacial score (nSPS) is 34.5. The van der Waals surface area contributed by atoms with Gasteiger partial charge in [-0.2, -0.15) is 0 Å². The molecule has 2 fully saturated rings. The number of carbonyl (C=O) groups excluding carboxylic acids is 1. The maximum Gasteiger partial charge on any atom is 0.222 e. The van der Waals surface area contributed by atoms with Crippen molar-refractivity contribution in [1.82, 2.24) is 4.90 Å². The van der Waals surface area contributed by atoms with Gasteiger partial charge in [-0.05, 0) is 6.42 Å². The van der Waals surface area contributed by atoms with Crippen molar-refractivity contribution < 1.29 is 14.6 Å². The van der Waals surface area contributed by atoms with Gasteiger partial charge in [0.1, 0.15) is 5.60 Å². The molecule has 2 heterocycles. The zero-order valence-electron chi connectivity index (χ0n) is 7.66. The highest BCUT2D eigenvalue weighted by molar-refractivity contribution is 5.78. The fourth-order valence-corrected chi connectivity index (χ4v) is 1.95. The van der Waals surface area contributed by atoms with Crippen molar-refractivity contribution in [2.45, 2.75) is 24.9 Å². The quantitative estimate of drug-likeness (QED) is 0.646. The third-order valence-corrected chi connectivity index (χ3v) is 2.74. The fraction of sp³-hybridized carbons (Fsp3) is 0.889. The highest BCUT2D eigenvalue weighted by Crippen LogP contribution is 2.22. The first kappa shape index (κ1) is 8.97. The number of rotatable bonds is 2. The number of ether oxygens (including phenoxy) is 1. The summed E-state index contributed by atoms with van der Waals surface area (Å²) in [6.45, 7) is 2.22. The summed E-state index contributed by atoms with van der Waals surface area (Å²) in [5.41, 5.74) is -0.778. The van der Waals surface area contributed by atoms with Crippen LogP contribution in [0.1, 0.15) is 19.3 Å². The van der Waals surface area contributed by atoms with Crippen molar-refractivity contribution in [3.05, 3.63) is 0 Å². The van der Waals surface area contributed by atoms with E-state index in [0.29, 0.717) is 32.6 Å². The molecule has 4 nitrogen and oxygen atoms in total. The van der Waals surface area contributed by atoms with Gasteiger partial charge in [-0.15, -0.1) is 0 Å². The first-order chi connectivity index (χ1) is 6.20. The summed E-state index contributed by atoms with van der Waals surface area (Å²) in [7, 11) is 0. The van der Waals surface area contributed by atoms with Gasteiger partial charge in [0.15, 0.2) is 0 Å². The Hall–Kier alpha value is -0.610. The van der Waals surface area contributed by atoms with Crippen LogP contribution in [-0.4, -0.2) is 47.8 Å². The third-order valence-electron chi connectivity index (χ3n) is 2.74. The van der Waals surface area contributed by atoms with Crippen molar-refractivity contribution in [3.63, 3.8) is 0 Å². The SMILES string of the molecule is O=C1CCCN1CC1(O)CCOC1. The summed E-state index contributed by atoms with van der Waals surface area (Å²) < 4.78 is 5.12. The van der Waals surface area contributed by atoms with Crippen LogP contribution in [0, 0.1) is 0 Å². The van der Waals surface area contributed by atoms with Crippen LogP contribution in [0.2, 0.25) is 0 Å². The largest absolute Gasteiger partial charge is 0.386 e. The molecule has 2 rings (SSSR count). The molecule has 4 heteroatoms. The molecule has 2 aliphatic heterocycles. The molecular weight excluding hydrogens is 170 g/mol. The van der Waals surface area contributed by atoms with Gasteiger partial charge in [0.05, 0.1) is 13.2 Å². The number of hydrogen-bond acceptors (Lipinski definition) is 3. The minimum absolute atomic E-state index is 0.167. The summed E-state index contributed by atoms with van der Waals surface area (Å²) in [4.78, 5) is 13.0. The molecule has 1 unspecified atom stereocenters. The summed E-state index contributed by atoms with van der Waals surface area (Å²) >= 11 is 0. The first-order valence-corrected chi connectivity index (χ1v) is 4.78. The lowest BCUT2D eigenvalue weighted by molar-refractivity contribution is -0.130. The number of amides is 1. The maximum absolute atomic E-state index is 11.3. The Bertz CT molecular complexity index is 211. The predicted molar refractivity (Wildman–Crippen MR) is 46.2 cm³/mol. The number of nitrogens with zero attached hydrogens (tertiary/aromatic N) is 1. The molecule has 1 N–H and O–H groups in total. The zero-order valence-corrected chi connectivity index (χ0v) is 7.66. The van der Waals surface area contributed by atoms with Crippen LogP contribution >= 0.6 is 0 Å². The second kappa shape index (κ2) is 3.27. The number of aliphatic hydroxyl groups is 1. The Morgan fingerprint density at radius 1 is 1.62 bits per heavy atom. The molecular formula is C9H15NO3. The van der Waals surface area contributed by atoms with Gasteiger partial charge in [-0.1, -0.05) is 0 Å². The van der Waals surface area contributed by atoms with Gasteiger partial charge in [0.2, 0.25) is 5.91 Å². The molecule has 0 aromatic rings. The second-order valence-electron chi connectivity index (χ2n) is 3.95. The van der Waals surface area contributed by atoms with E-state index in [-0.39, 0.29) is 5.91 Å². The highest BCUT2D eigenvalue weighted by atomic mass is 16.5. The van der Waals surface area contributed by atoms with Gasteiger partial charge >= 0.3 is 0 Å². The molecule has 0 radical (unpaired) electrons. The van der Waals surface area contributed by atoms with Crippen LogP contribution in [0.15, 0.2) is 0 Å². The number of β-amino-alcohol motifs (C(OH)–C–C–N with tert-alkyl or cyclic N) is 1. The fourth-order valence-electron chi connectivity index (χ4n) is 1.95. The molecule has 0 bridgehead atoms. The second-order valence-corrected chi connectivity index (χ2v) is 3.95. The van der Waals surface area contributed by atoms with E-state index in [4.69, 9.17) is 4.74 Å². The van der Waals surface area contributed by atoms with E-state index < -0.39 is 5.60 Å². The first-order valence-electron chi connectivity index (χ1n) is 4.78. The minimum Gasteiger partial charge on any atom is -0.386 e. The summed E-state index contributed by atoms with van der Waals surface area (Å²) in [6, 6.07) is 0. The monoisotopic (exact) mass is 185 g/mol. The third kappa shape index (κ3) is 1.84. The Balaban J connectivity index is 1.92. The Kier molecular flexibility index (Phi) is 2.26. The van der Waals surface area contributed by atoms with Gasteiger partial charge in [-0.3, -0.25) is 4.79 Å². The van der Waals surface area contributed by atoms with Crippen molar-refractivity contribution in [1.29, 1.82) is 0 Å². The topological polar surface area (TPSA) is 49.8 Å². The van der Waals surface area contributed by atoms with E-state index >= 15 is 0 Å². The molecule has 1 atom stereocenters. The van der Waals surface area contributed by atoms with Gasteiger partial charge in [-0.25, -0.2) is 0 Å². The minimum atomic E-state index is -0.778. The van der Waals surface area contributed by atoms with Crippen molar-refractivity contribution in [2.24, 2.45) is 0 Å². The molecule has 0 aliphatic carbocycles. The van der Waals surface area contributed by atoms with Gasteiger partial charge < -0.3 is 14.7 Å². The molecule has 2 aliphatic rings. The number of likely N-dealkylation sites (tertiary alicyclic amines) is 1. The lowest BCUT2D eigenvalue weighted by Crippen LogP contribution is -2.44. The Labute approximate surface area is 77.5 Å². The van der Waals surface area contributed by atoms with Crippen molar-refractivity contribution in [2.75, 3.05) is 26.3 Å². The Morgan fingerprint density at radius 2 is 2.46 bits per heavy atom. The molecule has 0 aromatic carbocycles. The van der Waals surface area contributed by atoms with E-state index in [1.807, 2.05) is 0 Å². The van der Waals surface area contributed by atoms with Crippen molar-refractivity contribution in [3.8, 4) is 0 Å². The van der Waals surface area contributed by atoms with Crippen molar-refractivity contribution >= 4 is 5.91 Å². The smallest absolute Gasteiger partial charge is 0.222 e. The van der Waals surface area contributed by atoms with Crippen LogP contribution in [0.5, 0.6) is 0 Å². The molecule has 0 aromatic heterocycles. The zero-order chi connectivity index (χ0) is 9.31. The van der Waals surface area contributed by atoms with Crippen LogP contribution < -0.4 is 0 Å². The number of hydrogen-bond donors (Lipinski definition) is 1. The molecule has 1 amide bonds. The summed E-state index contributed by atoms with van der Waals surface area (Å²) in [5.74, 6) is 0.167. The predicted octanol–water partition coefficient (Wildman–Crippen LogP) is -0.240. The number of carbonyl (C=O) groups is 1. The molecule has 0 spiro atoms.